The summed E-state index contributed by atoms with van der Waals surface area (Å²) in [5.41, 5.74) is 0.448. The molecular formula is C12H15ClN4OS. The van der Waals surface area contributed by atoms with Crippen molar-refractivity contribution in [1.29, 1.82) is 5.26 Å². The van der Waals surface area contributed by atoms with Gasteiger partial charge in [0.1, 0.15) is 16.6 Å². The summed E-state index contributed by atoms with van der Waals surface area (Å²) < 4.78 is 4.01. The lowest BCUT2D eigenvalue weighted by molar-refractivity contribution is -0.133. The van der Waals surface area contributed by atoms with E-state index >= 15 is 0 Å². The maximum absolute atomic E-state index is 11.9. The van der Waals surface area contributed by atoms with Crippen LogP contribution in [-0.4, -0.2) is 42.4 Å². The van der Waals surface area contributed by atoms with Gasteiger partial charge in [0, 0.05) is 33.1 Å². The summed E-state index contributed by atoms with van der Waals surface area (Å²) in [6, 6.07) is 2.09. The van der Waals surface area contributed by atoms with Crippen molar-refractivity contribution in [1.82, 2.24) is 9.27 Å². The van der Waals surface area contributed by atoms with Crippen LogP contribution in [-0.2, 0) is 4.79 Å². The van der Waals surface area contributed by atoms with Crippen LogP contribution in [0.2, 0.25) is 5.15 Å². The van der Waals surface area contributed by atoms with Gasteiger partial charge in [-0.15, -0.1) is 0 Å². The Balaban J connectivity index is 2.04. The monoisotopic (exact) mass is 298 g/mol. The summed E-state index contributed by atoms with van der Waals surface area (Å²) in [6.45, 7) is 1.52. The number of piperidine rings is 1. The van der Waals surface area contributed by atoms with Gasteiger partial charge in [-0.25, -0.2) is 0 Å². The van der Waals surface area contributed by atoms with Gasteiger partial charge < -0.3 is 9.80 Å². The summed E-state index contributed by atoms with van der Waals surface area (Å²) in [6.07, 6.45) is 1.61. The molecule has 1 fully saturated rings. The molecule has 1 aromatic heterocycles. The molecule has 0 saturated carbocycles. The molecule has 1 aliphatic heterocycles. The lowest BCUT2D eigenvalue weighted by Gasteiger charge is -2.32. The lowest BCUT2D eigenvalue weighted by Crippen LogP contribution is -2.40. The molecule has 0 aliphatic carbocycles. The molecule has 1 aliphatic rings. The Morgan fingerprint density at radius 3 is 2.68 bits per heavy atom. The van der Waals surface area contributed by atoms with Crippen LogP contribution in [0.25, 0.3) is 0 Å². The molecule has 0 spiro atoms. The summed E-state index contributed by atoms with van der Waals surface area (Å²) in [5, 5.41) is 10.2. The highest BCUT2D eigenvalue weighted by molar-refractivity contribution is 7.10. The number of aromatic nitrogens is 1. The van der Waals surface area contributed by atoms with E-state index in [1.54, 1.807) is 19.0 Å². The van der Waals surface area contributed by atoms with E-state index in [0.29, 0.717) is 5.56 Å². The maximum Gasteiger partial charge on any atom is 0.225 e. The molecule has 0 bridgehead atoms. The zero-order valence-corrected chi connectivity index (χ0v) is 12.5. The number of anilines is 1. The van der Waals surface area contributed by atoms with Gasteiger partial charge in [0.05, 0.1) is 0 Å². The Hall–Kier alpha value is -1.32. The Morgan fingerprint density at radius 1 is 1.53 bits per heavy atom. The summed E-state index contributed by atoms with van der Waals surface area (Å²) in [5.74, 6) is 0.266. The molecule has 1 aromatic rings. The van der Waals surface area contributed by atoms with Gasteiger partial charge in [-0.3, -0.25) is 4.79 Å². The molecule has 2 rings (SSSR count). The van der Waals surface area contributed by atoms with Crippen molar-refractivity contribution < 1.29 is 4.79 Å². The van der Waals surface area contributed by atoms with Crippen LogP contribution in [0.3, 0.4) is 0 Å². The van der Waals surface area contributed by atoms with E-state index in [-0.39, 0.29) is 17.0 Å². The van der Waals surface area contributed by atoms with E-state index in [2.05, 4.69) is 15.3 Å². The predicted molar refractivity (Wildman–Crippen MR) is 75.5 cm³/mol. The van der Waals surface area contributed by atoms with Crippen molar-refractivity contribution in [2.24, 2.45) is 5.92 Å². The molecule has 19 heavy (non-hydrogen) atoms. The molecule has 0 atom stereocenters. The van der Waals surface area contributed by atoms with Gasteiger partial charge in [-0.2, -0.15) is 9.64 Å². The number of carbonyl (C=O) groups is 1. The standard InChI is InChI=1S/C12H15ClN4OS/c1-16(2)11(18)8-3-5-17(6-4-8)12-9(7-14)10(13)15-19-12/h8H,3-6H2,1-2H3. The number of carbonyl (C=O) groups excluding carboxylic acids is 1. The molecule has 7 heteroatoms. The Kier molecular flexibility index (Phi) is 4.27. The van der Waals surface area contributed by atoms with E-state index in [1.807, 2.05) is 0 Å². The molecule has 102 valence electrons. The maximum atomic E-state index is 11.9. The fraction of sp³-hybridized carbons (Fsp3) is 0.583. The molecule has 2 heterocycles. The van der Waals surface area contributed by atoms with Crippen molar-refractivity contribution in [3.05, 3.63) is 10.7 Å². The summed E-state index contributed by atoms with van der Waals surface area (Å²) in [7, 11) is 3.57. The van der Waals surface area contributed by atoms with Gasteiger partial charge in [-0.1, -0.05) is 11.6 Å². The van der Waals surface area contributed by atoms with Gasteiger partial charge in [0.25, 0.3) is 0 Å². The largest absolute Gasteiger partial charge is 0.361 e. The van der Waals surface area contributed by atoms with E-state index in [0.717, 1.165) is 30.9 Å². The third-order valence-electron chi connectivity index (χ3n) is 3.32. The molecule has 0 N–H and O–H groups in total. The second kappa shape index (κ2) is 5.76. The zero-order chi connectivity index (χ0) is 14.0. The van der Waals surface area contributed by atoms with Crippen LogP contribution >= 0.6 is 23.1 Å². The average molecular weight is 299 g/mol. The van der Waals surface area contributed by atoms with E-state index in [4.69, 9.17) is 16.9 Å². The normalized spacial score (nSPS) is 16.2. The minimum atomic E-state index is 0.0835. The number of nitrogens with zero attached hydrogens (tertiary/aromatic N) is 4. The van der Waals surface area contributed by atoms with Crippen molar-refractivity contribution in [2.45, 2.75) is 12.8 Å². The first-order valence-corrected chi connectivity index (χ1v) is 7.21. The number of amides is 1. The second-order valence-corrected chi connectivity index (χ2v) is 5.87. The molecule has 1 amide bonds. The van der Waals surface area contributed by atoms with Gasteiger partial charge in [-0.05, 0) is 24.4 Å². The van der Waals surface area contributed by atoms with E-state index < -0.39 is 0 Å². The van der Waals surface area contributed by atoms with Gasteiger partial charge in [0.2, 0.25) is 5.91 Å². The van der Waals surface area contributed by atoms with Gasteiger partial charge in [0.15, 0.2) is 5.15 Å². The molecule has 5 nitrogen and oxygen atoms in total. The van der Waals surface area contributed by atoms with Crippen LogP contribution in [0.15, 0.2) is 0 Å². The first-order chi connectivity index (χ1) is 9.04. The minimum Gasteiger partial charge on any atom is -0.361 e. The van der Waals surface area contributed by atoms with Crippen LogP contribution in [0, 0.1) is 17.2 Å². The minimum absolute atomic E-state index is 0.0835. The SMILES string of the molecule is CN(C)C(=O)C1CCN(c2snc(Cl)c2C#N)CC1. The number of nitriles is 1. The highest BCUT2D eigenvalue weighted by atomic mass is 35.5. The first kappa shape index (κ1) is 14.1. The quantitative estimate of drug-likeness (QED) is 0.837. The van der Waals surface area contributed by atoms with Crippen molar-refractivity contribution >= 4 is 34.0 Å². The third kappa shape index (κ3) is 2.82. The van der Waals surface area contributed by atoms with Gasteiger partial charge >= 0.3 is 0 Å². The molecule has 0 unspecified atom stereocenters. The van der Waals surface area contributed by atoms with Crippen molar-refractivity contribution in [2.75, 3.05) is 32.1 Å². The summed E-state index contributed by atoms with van der Waals surface area (Å²) in [4.78, 5) is 15.6. The number of rotatable bonds is 2. The third-order valence-corrected chi connectivity index (χ3v) is 4.60. The predicted octanol–water partition coefficient (Wildman–Crippen LogP) is 1.97. The van der Waals surface area contributed by atoms with Crippen molar-refractivity contribution in [3.63, 3.8) is 0 Å². The Bertz CT molecular complexity index is 514. The number of hydrogen-bond donors (Lipinski definition) is 0. The van der Waals surface area contributed by atoms with E-state index in [9.17, 15) is 4.79 Å². The number of halogens is 1. The lowest BCUT2D eigenvalue weighted by atomic mass is 9.95. The molecular weight excluding hydrogens is 284 g/mol. The zero-order valence-electron chi connectivity index (χ0n) is 10.9. The number of hydrogen-bond acceptors (Lipinski definition) is 5. The summed E-state index contributed by atoms with van der Waals surface area (Å²) >= 11 is 7.12. The Morgan fingerprint density at radius 2 is 2.16 bits per heavy atom. The second-order valence-electron chi connectivity index (χ2n) is 4.76. The van der Waals surface area contributed by atoms with Crippen molar-refractivity contribution in [3.8, 4) is 6.07 Å². The smallest absolute Gasteiger partial charge is 0.225 e. The fourth-order valence-corrected chi connectivity index (χ4v) is 3.35. The van der Waals surface area contributed by atoms with Crippen LogP contribution < -0.4 is 4.90 Å². The molecule has 1 saturated heterocycles. The fourth-order valence-electron chi connectivity index (χ4n) is 2.27. The molecule has 0 aromatic carbocycles. The average Bonchev–Trinajstić information content (AvgIpc) is 2.79. The highest BCUT2D eigenvalue weighted by Gasteiger charge is 2.28. The highest BCUT2D eigenvalue weighted by Crippen LogP contribution is 2.33. The van der Waals surface area contributed by atoms with E-state index in [1.165, 1.54) is 11.5 Å². The first-order valence-electron chi connectivity index (χ1n) is 6.06. The van der Waals surface area contributed by atoms with Crippen LogP contribution in [0.5, 0.6) is 0 Å². The van der Waals surface area contributed by atoms with Crippen LogP contribution in [0.4, 0.5) is 5.00 Å². The Labute approximate surface area is 121 Å². The molecule has 0 radical (unpaired) electrons. The van der Waals surface area contributed by atoms with Crippen LogP contribution in [0.1, 0.15) is 18.4 Å². The topological polar surface area (TPSA) is 60.2 Å².